The highest BCUT2D eigenvalue weighted by molar-refractivity contribution is 7.99. The van der Waals surface area contributed by atoms with E-state index in [1.807, 2.05) is 18.5 Å². The van der Waals surface area contributed by atoms with Gasteiger partial charge in [0.25, 0.3) is 0 Å². The zero-order valence-electron chi connectivity index (χ0n) is 12.1. The standard InChI is InChI=1S/C13H18N4O2S2/c1-4-20-13-15-14-12(17(13)3)10(2)16-21(18,19)11-8-6-5-7-9-11/h5-10,16H,4H2,1-3H3. The SMILES string of the molecule is CCSc1nnc(C(C)NS(=O)(=O)c2ccccc2)n1C. The first-order valence-corrected chi connectivity index (χ1v) is 9.02. The molecular weight excluding hydrogens is 308 g/mol. The van der Waals surface area contributed by atoms with Crippen LogP contribution in [0, 0.1) is 0 Å². The fourth-order valence-corrected chi connectivity index (χ4v) is 3.78. The number of benzene rings is 1. The Hall–Kier alpha value is -1.38. The Kier molecular flexibility index (Phi) is 5.02. The Morgan fingerprint density at radius 2 is 1.95 bits per heavy atom. The zero-order chi connectivity index (χ0) is 15.5. The third kappa shape index (κ3) is 3.63. The number of nitrogens with zero attached hydrogens (tertiary/aromatic N) is 3. The van der Waals surface area contributed by atoms with Gasteiger partial charge in [-0.15, -0.1) is 10.2 Å². The summed E-state index contributed by atoms with van der Waals surface area (Å²) in [7, 11) is -1.73. The highest BCUT2D eigenvalue weighted by Crippen LogP contribution is 2.20. The van der Waals surface area contributed by atoms with Crippen LogP contribution in [0.3, 0.4) is 0 Å². The average molecular weight is 326 g/mol. The summed E-state index contributed by atoms with van der Waals surface area (Å²) in [5.41, 5.74) is 0. The van der Waals surface area contributed by atoms with Crippen LogP contribution in [0.1, 0.15) is 25.7 Å². The lowest BCUT2D eigenvalue weighted by Crippen LogP contribution is -2.28. The number of thioether (sulfide) groups is 1. The van der Waals surface area contributed by atoms with E-state index < -0.39 is 16.1 Å². The molecule has 0 spiro atoms. The molecule has 0 bridgehead atoms. The molecule has 1 N–H and O–H groups in total. The van der Waals surface area contributed by atoms with Gasteiger partial charge in [0, 0.05) is 7.05 Å². The molecule has 1 unspecified atom stereocenters. The summed E-state index contributed by atoms with van der Waals surface area (Å²) in [4.78, 5) is 0.238. The van der Waals surface area contributed by atoms with E-state index in [0.29, 0.717) is 5.82 Å². The van der Waals surface area contributed by atoms with Gasteiger partial charge in [0.2, 0.25) is 10.0 Å². The fraction of sp³-hybridized carbons (Fsp3) is 0.385. The Morgan fingerprint density at radius 1 is 1.29 bits per heavy atom. The number of sulfonamides is 1. The summed E-state index contributed by atoms with van der Waals surface area (Å²) in [5.74, 6) is 1.47. The van der Waals surface area contributed by atoms with Crippen LogP contribution in [0.15, 0.2) is 40.4 Å². The number of hydrogen-bond acceptors (Lipinski definition) is 5. The number of aromatic nitrogens is 3. The van der Waals surface area contributed by atoms with Gasteiger partial charge in [0.1, 0.15) is 0 Å². The van der Waals surface area contributed by atoms with Gasteiger partial charge in [0.15, 0.2) is 11.0 Å². The van der Waals surface area contributed by atoms with Crippen LogP contribution in [-0.2, 0) is 17.1 Å². The molecule has 21 heavy (non-hydrogen) atoms. The van der Waals surface area contributed by atoms with E-state index in [0.717, 1.165) is 10.9 Å². The van der Waals surface area contributed by atoms with Gasteiger partial charge in [-0.25, -0.2) is 13.1 Å². The quantitative estimate of drug-likeness (QED) is 0.821. The predicted octanol–water partition coefficient (Wildman–Crippen LogP) is 1.97. The fourth-order valence-electron chi connectivity index (χ4n) is 1.91. The van der Waals surface area contributed by atoms with Crippen molar-refractivity contribution in [3.05, 3.63) is 36.2 Å². The van der Waals surface area contributed by atoms with Crippen molar-refractivity contribution in [3.63, 3.8) is 0 Å². The maximum atomic E-state index is 12.3. The molecule has 0 aliphatic rings. The van der Waals surface area contributed by atoms with Crippen molar-refractivity contribution in [2.24, 2.45) is 7.05 Å². The van der Waals surface area contributed by atoms with E-state index in [1.54, 1.807) is 49.0 Å². The Balaban J connectivity index is 2.20. The van der Waals surface area contributed by atoms with E-state index in [9.17, 15) is 8.42 Å². The first-order chi connectivity index (χ1) is 9.95. The van der Waals surface area contributed by atoms with Crippen molar-refractivity contribution >= 4 is 21.8 Å². The van der Waals surface area contributed by atoms with Crippen LogP contribution in [0.2, 0.25) is 0 Å². The summed E-state index contributed by atoms with van der Waals surface area (Å²) in [6.45, 7) is 3.78. The topological polar surface area (TPSA) is 76.9 Å². The molecule has 1 atom stereocenters. The molecule has 0 fully saturated rings. The van der Waals surface area contributed by atoms with Gasteiger partial charge in [0.05, 0.1) is 10.9 Å². The largest absolute Gasteiger partial charge is 0.308 e. The minimum absolute atomic E-state index is 0.238. The molecule has 2 aromatic rings. The Morgan fingerprint density at radius 3 is 2.57 bits per heavy atom. The van der Waals surface area contributed by atoms with Crippen LogP contribution in [-0.4, -0.2) is 28.9 Å². The third-order valence-electron chi connectivity index (χ3n) is 2.91. The molecule has 0 amide bonds. The lowest BCUT2D eigenvalue weighted by molar-refractivity contribution is 0.551. The van der Waals surface area contributed by atoms with Gasteiger partial charge in [-0.1, -0.05) is 36.9 Å². The Bertz CT molecular complexity index is 698. The monoisotopic (exact) mass is 326 g/mol. The van der Waals surface area contributed by atoms with Crippen molar-refractivity contribution in [2.75, 3.05) is 5.75 Å². The van der Waals surface area contributed by atoms with Crippen LogP contribution in [0.4, 0.5) is 0 Å². The highest BCUT2D eigenvalue weighted by Gasteiger charge is 2.22. The van der Waals surface area contributed by atoms with E-state index >= 15 is 0 Å². The van der Waals surface area contributed by atoms with Crippen molar-refractivity contribution in [2.45, 2.75) is 29.9 Å². The smallest absolute Gasteiger partial charge is 0.241 e. The van der Waals surface area contributed by atoms with Crippen LogP contribution >= 0.6 is 11.8 Å². The first kappa shape index (κ1) is 16.0. The Labute approximate surface area is 129 Å². The molecule has 2 rings (SSSR count). The second-order valence-electron chi connectivity index (χ2n) is 4.49. The van der Waals surface area contributed by atoms with E-state index in [2.05, 4.69) is 14.9 Å². The van der Waals surface area contributed by atoms with Gasteiger partial charge in [-0.05, 0) is 24.8 Å². The van der Waals surface area contributed by atoms with Gasteiger partial charge >= 0.3 is 0 Å². The normalized spacial score (nSPS) is 13.3. The van der Waals surface area contributed by atoms with E-state index in [-0.39, 0.29) is 4.90 Å². The van der Waals surface area contributed by atoms with Crippen molar-refractivity contribution in [3.8, 4) is 0 Å². The summed E-state index contributed by atoms with van der Waals surface area (Å²) in [6.07, 6.45) is 0. The van der Waals surface area contributed by atoms with Crippen LogP contribution in [0.25, 0.3) is 0 Å². The molecule has 1 aromatic carbocycles. The lowest BCUT2D eigenvalue weighted by atomic mass is 10.3. The molecule has 0 aliphatic heterocycles. The van der Waals surface area contributed by atoms with Gasteiger partial charge in [-0.3, -0.25) is 0 Å². The van der Waals surface area contributed by atoms with Gasteiger partial charge < -0.3 is 4.57 Å². The second-order valence-corrected chi connectivity index (χ2v) is 7.43. The zero-order valence-corrected chi connectivity index (χ0v) is 13.8. The van der Waals surface area contributed by atoms with E-state index in [1.165, 1.54) is 0 Å². The second kappa shape index (κ2) is 6.59. The van der Waals surface area contributed by atoms with Crippen LogP contribution < -0.4 is 4.72 Å². The van der Waals surface area contributed by atoms with Crippen molar-refractivity contribution in [1.29, 1.82) is 0 Å². The molecule has 0 saturated heterocycles. The molecular formula is C13H18N4O2S2. The molecule has 0 aliphatic carbocycles. The first-order valence-electron chi connectivity index (χ1n) is 6.55. The molecule has 0 saturated carbocycles. The molecule has 1 heterocycles. The van der Waals surface area contributed by atoms with Crippen molar-refractivity contribution < 1.29 is 8.42 Å². The van der Waals surface area contributed by atoms with Crippen LogP contribution in [0.5, 0.6) is 0 Å². The average Bonchev–Trinajstić information content (AvgIpc) is 2.81. The number of nitrogens with one attached hydrogen (secondary N) is 1. The number of rotatable bonds is 6. The van der Waals surface area contributed by atoms with Crippen molar-refractivity contribution in [1.82, 2.24) is 19.5 Å². The summed E-state index contributed by atoms with van der Waals surface area (Å²) < 4.78 is 29.0. The third-order valence-corrected chi connectivity index (χ3v) is 5.37. The van der Waals surface area contributed by atoms with Gasteiger partial charge in [-0.2, -0.15) is 0 Å². The highest BCUT2D eigenvalue weighted by atomic mass is 32.2. The van der Waals surface area contributed by atoms with E-state index in [4.69, 9.17) is 0 Å². The maximum Gasteiger partial charge on any atom is 0.241 e. The molecule has 0 radical (unpaired) electrons. The summed E-state index contributed by atoms with van der Waals surface area (Å²) in [5, 5.41) is 8.92. The minimum atomic E-state index is -3.57. The summed E-state index contributed by atoms with van der Waals surface area (Å²) >= 11 is 1.57. The molecule has 6 nitrogen and oxygen atoms in total. The number of hydrogen-bond donors (Lipinski definition) is 1. The maximum absolute atomic E-state index is 12.3. The molecule has 1 aromatic heterocycles. The summed E-state index contributed by atoms with van der Waals surface area (Å²) in [6, 6.07) is 7.82. The predicted molar refractivity (Wildman–Crippen MR) is 82.6 cm³/mol. The molecule has 114 valence electrons. The minimum Gasteiger partial charge on any atom is -0.308 e. The lowest BCUT2D eigenvalue weighted by Gasteiger charge is -2.13. The molecule has 8 heteroatoms.